The standard InChI is InChI=1S/C11H14Cl2O/c1-11(2,5-6-14)9-4-3-8(12)7-10(9)13/h3-4,7,14H,5-6H2,1-2H3. The van der Waals surface area contributed by atoms with Crippen molar-refractivity contribution in [2.75, 3.05) is 6.61 Å². The highest BCUT2D eigenvalue weighted by molar-refractivity contribution is 6.35. The molecule has 0 atom stereocenters. The van der Waals surface area contributed by atoms with Crippen LogP contribution in [0.1, 0.15) is 25.8 Å². The number of hydrogen-bond acceptors (Lipinski definition) is 1. The summed E-state index contributed by atoms with van der Waals surface area (Å²) in [7, 11) is 0. The Morgan fingerprint density at radius 2 is 1.93 bits per heavy atom. The second-order valence-electron chi connectivity index (χ2n) is 3.98. The van der Waals surface area contributed by atoms with Crippen LogP contribution in [0, 0.1) is 0 Å². The van der Waals surface area contributed by atoms with Crippen molar-refractivity contribution in [1.29, 1.82) is 0 Å². The van der Waals surface area contributed by atoms with Crippen LogP contribution in [-0.2, 0) is 5.41 Å². The van der Waals surface area contributed by atoms with Crippen molar-refractivity contribution in [3.05, 3.63) is 33.8 Å². The van der Waals surface area contributed by atoms with Crippen LogP contribution in [0.25, 0.3) is 0 Å². The van der Waals surface area contributed by atoms with Gasteiger partial charge in [-0.1, -0.05) is 43.1 Å². The molecule has 0 aliphatic heterocycles. The molecule has 0 heterocycles. The van der Waals surface area contributed by atoms with Crippen molar-refractivity contribution in [3.63, 3.8) is 0 Å². The average Bonchev–Trinajstić information content (AvgIpc) is 2.02. The van der Waals surface area contributed by atoms with Crippen molar-refractivity contribution in [2.45, 2.75) is 25.7 Å². The van der Waals surface area contributed by atoms with E-state index in [-0.39, 0.29) is 12.0 Å². The van der Waals surface area contributed by atoms with Crippen molar-refractivity contribution >= 4 is 23.2 Å². The minimum Gasteiger partial charge on any atom is -0.396 e. The van der Waals surface area contributed by atoms with E-state index in [9.17, 15) is 0 Å². The van der Waals surface area contributed by atoms with Crippen LogP contribution in [0.5, 0.6) is 0 Å². The molecule has 0 radical (unpaired) electrons. The minimum absolute atomic E-state index is 0.115. The highest BCUT2D eigenvalue weighted by Gasteiger charge is 2.22. The van der Waals surface area contributed by atoms with Crippen molar-refractivity contribution < 1.29 is 5.11 Å². The molecule has 0 aliphatic rings. The smallest absolute Gasteiger partial charge is 0.0458 e. The first-order valence-corrected chi connectivity index (χ1v) is 5.29. The molecule has 0 unspecified atom stereocenters. The van der Waals surface area contributed by atoms with E-state index in [4.69, 9.17) is 28.3 Å². The van der Waals surface area contributed by atoms with Crippen LogP contribution in [0.2, 0.25) is 10.0 Å². The second kappa shape index (κ2) is 4.52. The molecule has 78 valence electrons. The Morgan fingerprint density at radius 1 is 1.29 bits per heavy atom. The van der Waals surface area contributed by atoms with Gasteiger partial charge < -0.3 is 5.11 Å². The molecular formula is C11H14Cl2O. The summed E-state index contributed by atoms with van der Waals surface area (Å²) in [5.74, 6) is 0. The Balaban J connectivity index is 3.06. The third-order valence-electron chi connectivity index (χ3n) is 2.40. The van der Waals surface area contributed by atoms with Crippen molar-refractivity contribution in [1.82, 2.24) is 0 Å². The maximum Gasteiger partial charge on any atom is 0.0458 e. The van der Waals surface area contributed by atoms with E-state index in [1.54, 1.807) is 6.07 Å². The molecule has 0 aromatic heterocycles. The summed E-state index contributed by atoms with van der Waals surface area (Å²) in [5.41, 5.74) is 0.911. The first-order chi connectivity index (χ1) is 6.47. The molecular weight excluding hydrogens is 219 g/mol. The Morgan fingerprint density at radius 3 is 2.43 bits per heavy atom. The van der Waals surface area contributed by atoms with E-state index < -0.39 is 0 Å². The molecule has 14 heavy (non-hydrogen) atoms. The lowest BCUT2D eigenvalue weighted by Crippen LogP contribution is -2.19. The monoisotopic (exact) mass is 232 g/mol. The van der Waals surface area contributed by atoms with Crippen molar-refractivity contribution in [2.24, 2.45) is 0 Å². The predicted molar refractivity (Wildman–Crippen MR) is 61.2 cm³/mol. The van der Waals surface area contributed by atoms with Gasteiger partial charge in [-0.2, -0.15) is 0 Å². The van der Waals surface area contributed by atoms with Gasteiger partial charge in [-0.05, 0) is 29.5 Å². The molecule has 1 aromatic rings. The second-order valence-corrected chi connectivity index (χ2v) is 4.83. The molecule has 0 amide bonds. The zero-order valence-electron chi connectivity index (χ0n) is 8.35. The number of hydrogen-bond donors (Lipinski definition) is 1. The highest BCUT2D eigenvalue weighted by Crippen LogP contribution is 2.33. The van der Waals surface area contributed by atoms with E-state index in [1.807, 2.05) is 12.1 Å². The van der Waals surface area contributed by atoms with Gasteiger partial charge in [0.2, 0.25) is 0 Å². The summed E-state index contributed by atoms with van der Waals surface area (Å²) in [6, 6.07) is 5.47. The lowest BCUT2D eigenvalue weighted by atomic mass is 9.82. The Bertz CT molecular complexity index is 321. The van der Waals surface area contributed by atoms with Gasteiger partial charge in [0.25, 0.3) is 0 Å². The summed E-state index contributed by atoms with van der Waals surface area (Å²) in [6.07, 6.45) is 0.689. The van der Waals surface area contributed by atoms with Crippen molar-refractivity contribution in [3.8, 4) is 0 Å². The van der Waals surface area contributed by atoms with E-state index >= 15 is 0 Å². The first kappa shape index (κ1) is 11.8. The molecule has 3 heteroatoms. The fraction of sp³-hybridized carbons (Fsp3) is 0.455. The number of benzene rings is 1. The van der Waals surface area contributed by atoms with Crippen LogP contribution in [0.4, 0.5) is 0 Å². The molecule has 1 aromatic carbocycles. The zero-order chi connectivity index (χ0) is 10.8. The summed E-state index contributed by atoms with van der Waals surface area (Å²) in [6.45, 7) is 4.27. The van der Waals surface area contributed by atoms with Crippen LogP contribution in [0.15, 0.2) is 18.2 Å². The third-order valence-corrected chi connectivity index (χ3v) is 2.94. The summed E-state index contributed by atoms with van der Waals surface area (Å²) in [5, 5.41) is 10.2. The molecule has 0 aliphatic carbocycles. The number of aliphatic hydroxyl groups is 1. The summed E-state index contributed by atoms with van der Waals surface area (Å²) >= 11 is 11.9. The topological polar surface area (TPSA) is 20.2 Å². The van der Waals surface area contributed by atoms with Gasteiger partial charge in [0, 0.05) is 16.7 Å². The molecule has 1 nitrogen and oxygen atoms in total. The van der Waals surface area contributed by atoms with Gasteiger partial charge in [0.15, 0.2) is 0 Å². The fourth-order valence-electron chi connectivity index (χ4n) is 1.45. The molecule has 0 fully saturated rings. The van der Waals surface area contributed by atoms with Crippen LogP contribution in [-0.4, -0.2) is 11.7 Å². The molecule has 0 spiro atoms. The maximum atomic E-state index is 8.94. The first-order valence-electron chi connectivity index (χ1n) is 4.54. The minimum atomic E-state index is -0.115. The van der Waals surface area contributed by atoms with Crippen LogP contribution >= 0.6 is 23.2 Å². The molecule has 1 rings (SSSR count). The Hall–Kier alpha value is -0.240. The zero-order valence-corrected chi connectivity index (χ0v) is 9.86. The van der Waals surface area contributed by atoms with Gasteiger partial charge >= 0.3 is 0 Å². The van der Waals surface area contributed by atoms with E-state index in [0.29, 0.717) is 16.5 Å². The summed E-state index contributed by atoms with van der Waals surface area (Å²) in [4.78, 5) is 0. The summed E-state index contributed by atoms with van der Waals surface area (Å²) < 4.78 is 0. The molecule has 0 saturated heterocycles. The van der Waals surface area contributed by atoms with Gasteiger partial charge in [-0.15, -0.1) is 0 Å². The van der Waals surface area contributed by atoms with Gasteiger partial charge in [-0.3, -0.25) is 0 Å². The number of halogens is 2. The van der Waals surface area contributed by atoms with E-state index in [0.717, 1.165) is 5.56 Å². The average molecular weight is 233 g/mol. The Kier molecular flexibility index (Phi) is 3.82. The number of aliphatic hydroxyl groups excluding tert-OH is 1. The molecule has 0 saturated carbocycles. The quantitative estimate of drug-likeness (QED) is 0.844. The van der Waals surface area contributed by atoms with Crippen LogP contribution in [0.3, 0.4) is 0 Å². The lowest BCUT2D eigenvalue weighted by molar-refractivity contribution is 0.252. The maximum absolute atomic E-state index is 8.94. The largest absolute Gasteiger partial charge is 0.396 e. The van der Waals surface area contributed by atoms with Crippen LogP contribution < -0.4 is 0 Å². The molecule has 0 bridgehead atoms. The predicted octanol–water partition coefficient (Wildman–Crippen LogP) is 3.65. The van der Waals surface area contributed by atoms with Gasteiger partial charge in [-0.25, -0.2) is 0 Å². The Labute approximate surface area is 94.7 Å². The lowest BCUT2D eigenvalue weighted by Gasteiger charge is -2.25. The van der Waals surface area contributed by atoms with E-state index in [1.165, 1.54) is 0 Å². The normalized spacial score (nSPS) is 11.8. The SMILES string of the molecule is CC(C)(CCO)c1ccc(Cl)cc1Cl. The highest BCUT2D eigenvalue weighted by atomic mass is 35.5. The molecule has 1 N–H and O–H groups in total. The third kappa shape index (κ3) is 2.63. The number of rotatable bonds is 3. The van der Waals surface area contributed by atoms with E-state index in [2.05, 4.69) is 13.8 Å². The fourth-order valence-corrected chi connectivity index (χ4v) is 2.12. The van der Waals surface area contributed by atoms with Gasteiger partial charge in [0.1, 0.15) is 0 Å². The van der Waals surface area contributed by atoms with Gasteiger partial charge in [0.05, 0.1) is 0 Å².